The van der Waals surface area contributed by atoms with Gasteiger partial charge in [-0.05, 0) is 12.8 Å². The van der Waals surface area contributed by atoms with Crippen molar-refractivity contribution >= 4 is 10.0 Å². The summed E-state index contributed by atoms with van der Waals surface area (Å²) in [7, 11) is -5.21. The fourth-order valence-electron chi connectivity index (χ4n) is 0.525. The highest BCUT2D eigenvalue weighted by Crippen LogP contribution is 2.21. The second kappa shape index (κ2) is 4.77. The summed E-state index contributed by atoms with van der Waals surface area (Å²) in [6.45, 7) is -0.490. The van der Waals surface area contributed by atoms with Gasteiger partial charge in [0.05, 0.1) is 0 Å². The van der Waals surface area contributed by atoms with Crippen LogP contribution in [0.1, 0.15) is 12.8 Å². The Bertz CT molecular complexity index is 236. The van der Waals surface area contributed by atoms with Gasteiger partial charge < -0.3 is 5.11 Å². The molecule has 0 spiro atoms. The Balaban J connectivity index is 3.92. The van der Waals surface area contributed by atoms with Crippen molar-refractivity contribution in [3.8, 4) is 0 Å². The van der Waals surface area contributed by atoms with Gasteiger partial charge in [-0.25, -0.2) is 13.1 Å². The van der Waals surface area contributed by atoms with Crippen molar-refractivity contribution in [3.05, 3.63) is 0 Å². The number of sulfonamides is 1. The third kappa shape index (κ3) is 4.44. The highest BCUT2D eigenvalue weighted by molar-refractivity contribution is 7.90. The lowest BCUT2D eigenvalue weighted by molar-refractivity contribution is -0.0447. The average Bonchev–Trinajstić information content (AvgIpc) is 1.96. The fraction of sp³-hybridized carbons (Fsp3) is 1.00. The molecule has 0 bridgehead atoms. The van der Waals surface area contributed by atoms with Crippen molar-refractivity contribution in [2.45, 2.75) is 18.3 Å². The van der Waals surface area contributed by atoms with Gasteiger partial charge in [-0.3, -0.25) is 0 Å². The lowest BCUT2D eigenvalue weighted by Gasteiger charge is -2.08. The van der Waals surface area contributed by atoms with Crippen LogP contribution >= 0.6 is 0 Å². The van der Waals surface area contributed by atoms with E-state index < -0.39 is 15.5 Å². The molecule has 0 aliphatic carbocycles. The Morgan fingerprint density at radius 3 is 2.15 bits per heavy atom. The van der Waals surface area contributed by atoms with Gasteiger partial charge in [-0.2, -0.15) is 13.2 Å². The second-order valence-corrected chi connectivity index (χ2v) is 4.03. The number of hydrogen-bond donors (Lipinski definition) is 2. The molecule has 2 N–H and O–H groups in total. The predicted molar refractivity (Wildman–Crippen MR) is 39.3 cm³/mol. The van der Waals surface area contributed by atoms with Crippen molar-refractivity contribution in [2.24, 2.45) is 0 Å². The molecule has 80 valence electrons. The van der Waals surface area contributed by atoms with E-state index in [9.17, 15) is 21.6 Å². The molecule has 0 saturated heterocycles. The van der Waals surface area contributed by atoms with Gasteiger partial charge in [-0.15, -0.1) is 0 Å². The second-order valence-electron chi connectivity index (χ2n) is 2.27. The molecule has 0 aliphatic rings. The first-order valence-corrected chi connectivity index (χ1v) is 4.96. The van der Waals surface area contributed by atoms with Crippen molar-refractivity contribution in [1.29, 1.82) is 0 Å². The lowest BCUT2D eigenvalue weighted by Crippen LogP contribution is -2.36. The van der Waals surface area contributed by atoms with Crippen LogP contribution in [0.25, 0.3) is 0 Å². The minimum absolute atomic E-state index is 0.172. The Morgan fingerprint density at radius 2 is 1.77 bits per heavy atom. The van der Waals surface area contributed by atoms with Crippen LogP contribution < -0.4 is 4.72 Å². The van der Waals surface area contributed by atoms with Crippen molar-refractivity contribution < 1.29 is 26.7 Å². The monoisotopic (exact) mass is 221 g/mol. The van der Waals surface area contributed by atoms with Crippen LogP contribution in [-0.2, 0) is 10.0 Å². The Hall–Kier alpha value is -0.340. The molecule has 0 aromatic heterocycles. The maximum absolute atomic E-state index is 11.6. The van der Waals surface area contributed by atoms with Crippen LogP contribution in [0, 0.1) is 0 Å². The van der Waals surface area contributed by atoms with E-state index in [0.717, 1.165) is 0 Å². The predicted octanol–water partition coefficient (Wildman–Crippen LogP) is 0.198. The van der Waals surface area contributed by atoms with E-state index in [4.69, 9.17) is 5.11 Å². The highest BCUT2D eigenvalue weighted by Gasteiger charge is 2.45. The molecule has 0 amide bonds. The standard InChI is InChI=1S/C5H10F3NO3S/c6-5(7,8)13(11,12)9-3-1-2-4-10/h9-10H,1-4H2. The van der Waals surface area contributed by atoms with Crippen LogP contribution in [0.15, 0.2) is 0 Å². The first kappa shape index (κ1) is 12.7. The maximum Gasteiger partial charge on any atom is 0.511 e. The smallest absolute Gasteiger partial charge is 0.396 e. The van der Waals surface area contributed by atoms with Crippen LogP contribution in [0.5, 0.6) is 0 Å². The molecular formula is C5H10F3NO3S. The molecule has 0 unspecified atom stereocenters. The van der Waals surface area contributed by atoms with Gasteiger partial charge >= 0.3 is 15.5 Å². The summed E-state index contributed by atoms with van der Waals surface area (Å²) in [6.07, 6.45) is 0.437. The Kier molecular flexibility index (Phi) is 4.65. The third-order valence-electron chi connectivity index (χ3n) is 1.18. The minimum Gasteiger partial charge on any atom is -0.396 e. The van der Waals surface area contributed by atoms with Gasteiger partial charge in [0.25, 0.3) is 0 Å². The molecule has 0 radical (unpaired) electrons. The van der Waals surface area contributed by atoms with Crippen LogP contribution in [0.2, 0.25) is 0 Å². The molecule has 0 aromatic carbocycles. The average molecular weight is 221 g/mol. The molecule has 0 aromatic rings. The van der Waals surface area contributed by atoms with E-state index in [-0.39, 0.29) is 26.0 Å². The molecule has 0 saturated carbocycles. The molecule has 0 rings (SSSR count). The number of halogens is 3. The quantitative estimate of drug-likeness (QED) is 0.652. The normalized spacial score (nSPS) is 13.2. The number of aliphatic hydroxyl groups excluding tert-OH is 1. The van der Waals surface area contributed by atoms with Gasteiger partial charge in [0.15, 0.2) is 0 Å². The zero-order valence-corrected chi connectivity index (χ0v) is 7.45. The molecule has 8 heteroatoms. The molecule has 13 heavy (non-hydrogen) atoms. The van der Waals surface area contributed by atoms with E-state index in [1.807, 2.05) is 0 Å². The van der Waals surface area contributed by atoms with E-state index >= 15 is 0 Å². The molecule has 0 heterocycles. The number of nitrogens with one attached hydrogen (secondary N) is 1. The Morgan fingerprint density at radius 1 is 1.23 bits per heavy atom. The highest BCUT2D eigenvalue weighted by atomic mass is 32.2. The molecular weight excluding hydrogens is 211 g/mol. The van der Waals surface area contributed by atoms with Gasteiger partial charge in [0.2, 0.25) is 0 Å². The maximum atomic E-state index is 11.6. The molecule has 4 nitrogen and oxygen atoms in total. The largest absolute Gasteiger partial charge is 0.511 e. The topological polar surface area (TPSA) is 66.4 Å². The van der Waals surface area contributed by atoms with Gasteiger partial charge in [-0.1, -0.05) is 0 Å². The fourth-order valence-corrected chi connectivity index (χ4v) is 1.10. The van der Waals surface area contributed by atoms with Gasteiger partial charge in [0.1, 0.15) is 0 Å². The van der Waals surface area contributed by atoms with E-state index in [2.05, 4.69) is 0 Å². The van der Waals surface area contributed by atoms with E-state index in [1.54, 1.807) is 0 Å². The SMILES string of the molecule is O=S(=O)(NCCCCO)C(F)(F)F. The zero-order valence-electron chi connectivity index (χ0n) is 6.63. The molecule has 0 fully saturated rings. The molecule has 0 atom stereocenters. The first-order valence-electron chi connectivity index (χ1n) is 3.48. The first-order chi connectivity index (χ1) is 5.81. The van der Waals surface area contributed by atoms with E-state index in [0.29, 0.717) is 0 Å². The number of hydrogen-bond acceptors (Lipinski definition) is 3. The van der Waals surface area contributed by atoms with Crippen LogP contribution in [0.3, 0.4) is 0 Å². The number of aliphatic hydroxyl groups is 1. The summed E-state index contributed by atoms with van der Waals surface area (Å²) in [5.74, 6) is 0. The van der Waals surface area contributed by atoms with Crippen molar-refractivity contribution in [1.82, 2.24) is 4.72 Å². The summed E-state index contributed by atoms with van der Waals surface area (Å²) in [4.78, 5) is 0. The summed E-state index contributed by atoms with van der Waals surface area (Å²) in [5, 5.41) is 8.26. The Labute approximate surface area is 73.8 Å². The number of rotatable bonds is 5. The summed E-state index contributed by atoms with van der Waals surface area (Å²) in [6, 6.07) is 0. The van der Waals surface area contributed by atoms with Crippen molar-refractivity contribution in [3.63, 3.8) is 0 Å². The number of alkyl halides is 3. The molecule has 0 aliphatic heterocycles. The van der Waals surface area contributed by atoms with Crippen LogP contribution in [0.4, 0.5) is 13.2 Å². The van der Waals surface area contributed by atoms with E-state index in [1.165, 1.54) is 4.72 Å². The summed E-state index contributed by atoms with van der Waals surface area (Å²) < 4.78 is 56.9. The summed E-state index contributed by atoms with van der Waals surface area (Å²) in [5.41, 5.74) is -5.26. The number of unbranched alkanes of at least 4 members (excludes halogenated alkanes) is 1. The minimum atomic E-state index is -5.26. The van der Waals surface area contributed by atoms with Crippen LogP contribution in [-0.4, -0.2) is 32.2 Å². The van der Waals surface area contributed by atoms with Gasteiger partial charge in [0, 0.05) is 13.2 Å². The summed E-state index contributed by atoms with van der Waals surface area (Å²) >= 11 is 0. The lowest BCUT2D eigenvalue weighted by atomic mass is 10.3. The third-order valence-corrected chi connectivity index (χ3v) is 2.38. The van der Waals surface area contributed by atoms with Crippen molar-refractivity contribution in [2.75, 3.05) is 13.2 Å². The zero-order chi connectivity index (χ0) is 10.5.